The number of benzene rings is 1. The van der Waals surface area contributed by atoms with Crippen LogP contribution in [0.1, 0.15) is 17.1 Å². The fraction of sp³-hybridized carbons (Fsp3) is 0.0625. The van der Waals surface area contributed by atoms with E-state index in [-0.39, 0.29) is 29.9 Å². The molecule has 24 heavy (non-hydrogen) atoms. The summed E-state index contributed by atoms with van der Waals surface area (Å²) in [4.78, 5) is 20.6. The van der Waals surface area contributed by atoms with Gasteiger partial charge in [0.1, 0.15) is 17.8 Å². The molecule has 0 spiro atoms. The van der Waals surface area contributed by atoms with Crippen LogP contribution in [0.15, 0.2) is 69.8 Å². The van der Waals surface area contributed by atoms with E-state index in [0.29, 0.717) is 11.3 Å². The van der Waals surface area contributed by atoms with Crippen molar-refractivity contribution in [3.8, 4) is 0 Å². The summed E-state index contributed by atoms with van der Waals surface area (Å²) in [6, 6.07) is 8.04. The first kappa shape index (κ1) is 15.5. The molecule has 0 saturated carbocycles. The highest BCUT2D eigenvalue weighted by Gasteiger charge is 2.10. The van der Waals surface area contributed by atoms with Gasteiger partial charge in [-0.2, -0.15) is 0 Å². The Morgan fingerprint density at radius 1 is 1.12 bits per heavy atom. The lowest BCUT2D eigenvalue weighted by atomic mass is 10.2. The van der Waals surface area contributed by atoms with Crippen molar-refractivity contribution < 1.29 is 8.81 Å². The van der Waals surface area contributed by atoms with Crippen LogP contribution in [0.5, 0.6) is 0 Å². The Hall–Kier alpha value is -3.42. The maximum Gasteiger partial charge on any atom is 0.197 e. The quantitative estimate of drug-likeness (QED) is 0.584. The van der Waals surface area contributed by atoms with Crippen molar-refractivity contribution in [1.82, 2.24) is 15.0 Å². The van der Waals surface area contributed by atoms with Crippen LogP contribution in [-0.2, 0) is 6.54 Å². The van der Waals surface area contributed by atoms with Crippen molar-refractivity contribution in [1.29, 1.82) is 0 Å². The van der Waals surface area contributed by atoms with Gasteiger partial charge in [-0.3, -0.25) is 4.99 Å². The molecule has 0 bridgehead atoms. The molecule has 0 aliphatic heterocycles. The van der Waals surface area contributed by atoms with E-state index < -0.39 is 0 Å². The molecule has 0 fully saturated rings. The van der Waals surface area contributed by atoms with Crippen molar-refractivity contribution in [2.45, 2.75) is 6.54 Å². The van der Waals surface area contributed by atoms with Gasteiger partial charge in [0.25, 0.3) is 0 Å². The Morgan fingerprint density at radius 3 is 2.62 bits per heavy atom. The van der Waals surface area contributed by atoms with E-state index >= 15 is 0 Å². The number of hydrogen-bond acceptors (Lipinski definition) is 5. The highest BCUT2D eigenvalue weighted by atomic mass is 19.1. The second-order valence-electron chi connectivity index (χ2n) is 4.67. The standard InChI is InChI=1S/C16H13FN6O/c17-12-5-2-1-4-11(12)8-21-16(15-19-6-3-7-20-15)23-14(18)13-9-24-10-22-13/h1-7,9-10H,8H2,(H2,18,21,23). The second-order valence-corrected chi connectivity index (χ2v) is 4.67. The number of aliphatic imine (C=N–C) groups is 2. The Bertz CT molecular complexity index is 861. The first-order valence-corrected chi connectivity index (χ1v) is 7.02. The minimum absolute atomic E-state index is 0.0792. The SMILES string of the molecule is NC(=NC(=NCc1ccccc1F)c1ncccn1)c1cocn1. The highest BCUT2D eigenvalue weighted by molar-refractivity contribution is 6.08. The zero-order valence-electron chi connectivity index (χ0n) is 12.5. The minimum Gasteiger partial charge on any atom is -0.451 e. The van der Waals surface area contributed by atoms with Gasteiger partial charge in [-0.1, -0.05) is 18.2 Å². The van der Waals surface area contributed by atoms with Gasteiger partial charge in [0.05, 0.1) is 6.54 Å². The summed E-state index contributed by atoms with van der Waals surface area (Å²) in [7, 11) is 0. The van der Waals surface area contributed by atoms with E-state index in [0.717, 1.165) is 0 Å². The molecule has 0 radical (unpaired) electrons. The molecule has 7 nitrogen and oxygen atoms in total. The number of halogens is 1. The Kier molecular flexibility index (Phi) is 4.66. The molecule has 3 aromatic rings. The molecule has 0 unspecified atom stereocenters. The predicted octanol–water partition coefficient (Wildman–Crippen LogP) is 1.96. The largest absolute Gasteiger partial charge is 0.451 e. The number of amidine groups is 2. The first-order chi connectivity index (χ1) is 11.7. The predicted molar refractivity (Wildman–Crippen MR) is 85.9 cm³/mol. The zero-order chi connectivity index (χ0) is 16.8. The summed E-state index contributed by atoms with van der Waals surface area (Å²) < 4.78 is 18.6. The number of aromatic nitrogens is 3. The van der Waals surface area contributed by atoms with Crippen LogP contribution >= 0.6 is 0 Å². The number of oxazole rings is 1. The highest BCUT2D eigenvalue weighted by Crippen LogP contribution is 2.09. The third-order valence-electron chi connectivity index (χ3n) is 3.04. The Morgan fingerprint density at radius 2 is 1.92 bits per heavy atom. The lowest BCUT2D eigenvalue weighted by Gasteiger charge is -2.03. The Labute approximate surface area is 136 Å². The molecule has 0 amide bonds. The van der Waals surface area contributed by atoms with E-state index in [9.17, 15) is 4.39 Å². The summed E-state index contributed by atoms with van der Waals surface area (Å²) in [5.41, 5.74) is 6.69. The molecule has 1 aromatic carbocycles. The molecule has 2 aromatic heterocycles. The molecule has 8 heteroatoms. The van der Waals surface area contributed by atoms with Gasteiger partial charge in [-0.15, -0.1) is 0 Å². The molecule has 0 saturated heterocycles. The van der Waals surface area contributed by atoms with Crippen molar-refractivity contribution in [3.05, 3.63) is 78.3 Å². The topological polar surface area (TPSA) is 103 Å². The van der Waals surface area contributed by atoms with Crippen LogP contribution < -0.4 is 5.73 Å². The smallest absolute Gasteiger partial charge is 0.197 e. The minimum atomic E-state index is -0.344. The van der Waals surface area contributed by atoms with Crippen LogP contribution in [0, 0.1) is 5.82 Å². The van der Waals surface area contributed by atoms with Crippen LogP contribution in [0.2, 0.25) is 0 Å². The number of hydrogen-bond donors (Lipinski definition) is 1. The summed E-state index contributed by atoms with van der Waals surface area (Å²) in [5.74, 6) is 0.214. The van der Waals surface area contributed by atoms with Gasteiger partial charge in [-0.25, -0.2) is 24.3 Å². The molecular weight excluding hydrogens is 311 g/mol. The molecule has 0 aliphatic carbocycles. The number of rotatable bonds is 4. The van der Waals surface area contributed by atoms with Gasteiger partial charge in [0, 0.05) is 18.0 Å². The van der Waals surface area contributed by atoms with Crippen LogP contribution in [-0.4, -0.2) is 26.6 Å². The third-order valence-corrected chi connectivity index (χ3v) is 3.04. The monoisotopic (exact) mass is 324 g/mol. The fourth-order valence-corrected chi connectivity index (χ4v) is 1.87. The molecule has 0 aliphatic rings. The molecular formula is C16H13FN6O. The van der Waals surface area contributed by atoms with E-state index in [1.54, 1.807) is 36.7 Å². The lowest BCUT2D eigenvalue weighted by Crippen LogP contribution is -2.18. The van der Waals surface area contributed by atoms with Crippen LogP contribution in [0.4, 0.5) is 4.39 Å². The zero-order valence-corrected chi connectivity index (χ0v) is 12.5. The summed E-state index contributed by atoms with van der Waals surface area (Å²) in [5, 5.41) is 0. The fourth-order valence-electron chi connectivity index (χ4n) is 1.87. The van der Waals surface area contributed by atoms with E-state index in [4.69, 9.17) is 10.2 Å². The molecule has 0 atom stereocenters. The van der Waals surface area contributed by atoms with Gasteiger partial charge in [0.15, 0.2) is 23.9 Å². The number of nitrogens with zero attached hydrogens (tertiary/aromatic N) is 5. The van der Waals surface area contributed by atoms with Crippen molar-refractivity contribution in [2.75, 3.05) is 0 Å². The van der Waals surface area contributed by atoms with Crippen LogP contribution in [0.3, 0.4) is 0 Å². The third kappa shape index (κ3) is 3.67. The van der Waals surface area contributed by atoms with Crippen molar-refractivity contribution in [3.63, 3.8) is 0 Å². The van der Waals surface area contributed by atoms with Gasteiger partial charge in [0.2, 0.25) is 0 Å². The summed E-state index contributed by atoms with van der Waals surface area (Å²) in [6.07, 6.45) is 5.72. The van der Waals surface area contributed by atoms with E-state index in [2.05, 4.69) is 24.9 Å². The summed E-state index contributed by atoms with van der Waals surface area (Å²) in [6.45, 7) is 0.0792. The average Bonchev–Trinajstić information content (AvgIpc) is 3.15. The number of nitrogens with two attached hydrogens (primary N) is 1. The van der Waals surface area contributed by atoms with Crippen molar-refractivity contribution >= 4 is 11.7 Å². The van der Waals surface area contributed by atoms with E-state index in [1.165, 1.54) is 18.7 Å². The van der Waals surface area contributed by atoms with Crippen LogP contribution in [0.25, 0.3) is 0 Å². The molecule has 3 rings (SSSR count). The van der Waals surface area contributed by atoms with Gasteiger partial charge < -0.3 is 10.2 Å². The van der Waals surface area contributed by atoms with Gasteiger partial charge in [-0.05, 0) is 12.1 Å². The normalized spacial score (nSPS) is 12.4. The molecule has 120 valence electrons. The van der Waals surface area contributed by atoms with Crippen molar-refractivity contribution in [2.24, 2.45) is 15.7 Å². The Balaban J connectivity index is 1.95. The first-order valence-electron chi connectivity index (χ1n) is 7.02. The second kappa shape index (κ2) is 7.23. The van der Waals surface area contributed by atoms with E-state index in [1.807, 2.05) is 0 Å². The lowest BCUT2D eigenvalue weighted by molar-refractivity contribution is 0.557. The average molecular weight is 324 g/mol. The maximum absolute atomic E-state index is 13.7. The molecule has 2 N–H and O–H groups in total. The maximum atomic E-state index is 13.7. The molecule has 2 heterocycles. The summed E-state index contributed by atoms with van der Waals surface area (Å²) >= 11 is 0. The van der Waals surface area contributed by atoms with Gasteiger partial charge >= 0.3 is 0 Å².